The van der Waals surface area contributed by atoms with Crippen LogP contribution in [0.2, 0.25) is 0 Å². The van der Waals surface area contributed by atoms with Crippen molar-refractivity contribution >= 4 is 5.97 Å². The smallest absolute Gasteiger partial charge is 0.303 e. The van der Waals surface area contributed by atoms with Crippen LogP contribution >= 0.6 is 0 Å². The molecule has 0 spiro atoms. The molecule has 3 heteroatoms. The van der Waals surface area contributed by atoms with Gasteiger partial charge in [-0.25, -0.2) is 0 Å². The van der Waals surface area contributed by atoms with Crippen LogP contribution in [-0.2, 0) is 4.79 Å². The molecule has 3 atom stereocenters. The molecule has 0 saturated heterocycles. The van der Waals surface area contributed by atoms with Crippen molar-refractivity contribution in [1.29, 1.82) is 0 Å². The van der Waals surface area contributed by atoms with Gasteiger partial charge in [-0.1, -0.05) is 11.6 Å². The lowest BCUT2D eigenvalue weighted by molar-refractivity contribution is -0.144. The number of hydrogen-bond acceptors (Lipinski definition) is 2. The summed E-state index contributed by atoms with van der Waals surface area (Å²) in [6.45, 7) is 2.63. The molecule has 0 heterocycles. The number of carboxylic acid groups (broad SMARTS) is 1. The topological polar surface area (TPSA) is 63.3 Å². The highest BCUT2D eigenvalue weighted by molar-refractivity contribution is 5.68. The molecule has 0 aliphatic heterocycles. The van der Waals surface area contributed by atoms with E-state index in [0.29, 0.717) is 18.4 Å². The lowest BCUT2D eigenvalue weighted by Gasteiger charge is -2.51. The number of aliphatic carboxylic acids is 1. The van der Waals surface area contributed by atoms with E-state index in [-0.39, 0.29) is 11.8 Å². The summed E-state index contributed by atoms with van der Waals surface area (Å²) in [5.41, 5.74) is 7.00. The Morgan fingerprint density at radius 3 is 3.00 bits per heavy atom. The van der Waals surface area contributed by atoms with Crippen LogP contribution in [0.25, 0.3) is 0 Å². The molecule has 0 aromatic heterocycles. The maximum atomic E-state index is 10.8. The summed E-state index contributed by atoms with van der Waals surface area (Å²) < 4.78 is 0. The summed E-state index contributed by atoms with van der Waals surface area (Å²) in [7, 11) is 0. The first kappa shape index (κ1) is 9.71. The molecular weight excluding hydrogens is 178 g/mol. The van der Waals surface area contributed by atoms with E-state index in [1.807, 2.05) is 0 Å². The zero-order valence-electron chi connectivity index (χ0n) is 8.49. The first-order valence-corrected chi connectivity index (χ1v) is 5.16. The van der Waals surface area contributed by atoms with Crippen LogP contribution in [0.1, 0.15) is 26.2 Å². The van der Waals surface area contributed by atoms with Crippen molar-refractivity contribution in [2.75, 3.05) is 6.54 Å². The molecule has 0 aromatic carbocycles. The number of allylic oxidation sites excluding steroid dienone is 2. The molecule has 2 rings (SSSR count). The molecule has 0 unspecified atom stereocenters. The Labute approximate surface area is 84.0 Å². The molecule has 3 N–H and O–H groups in total. The summed E-state index contributed by atoms with van der Waals surface area (Å²) in [6, 6.07) is 0. The molecule has 3 nitrogen and oxygen atoms in total. The Hall–Kier alpha value is -0.830. The van der Waals surface area contributed by atoms with Gasteiger partial charge in [0, 0.05) is 0 Å². The van der Waals surface area contributed by atoms with Gasteiger partial charge in [-0.15, -0.1) is 0 Å². The summed E-state index contributed by atoms with van der Waals surface area (Å²) in [4.78, 5) is 10.8. The predicted octanol–water partition coefficient (Wildman–Crippen LogP) is 1.39. The van der Waals surface area contributed by atoms with Crippen molar-refractivity contribution < 1.29 is 9.90 Å². The van der Waals surface area contributed by atoms with Crippen molar-refractivity contribution in [3.8, 4) is 0 Å². The minimum atomic E-state index is -0.716. The highest BCUT2D eigenvalue weighted by atomic mass is 16.4. The van der Waals surface area contributed by atoms with Crippen molar-refractivity contribution in [1.82, 2.24) is 0 Å². The van der Waals surface area contributed by atoms with Crippen LogP contribution in [0, 0.1) is 17.3 Å². The second-order valence-electron chi connectivity index (χ2n) is 4.84. The third kappa shape index (κ3) is 1.27. The molecule has 78 valence electrons. The van der Waals surface area contributed by atoms with Gasteiger partial charge in [0.15, 0.2) is 0 Å². The molecule has 1 fully saturated rings. The molecule has 0 aromatic rings. The van der Waals surface area contributed by atoms with Crippen LogP contribution in [0.3, 0.4) is 0 Å². The van der Waals surface area contributed by atoms with E-state index in [9.17, 15) is 4.79 Å². The van der Waals surface area contributed by atoms with Gasteiger partial charge in [0.1, 0.15) is 0 Å². The molecule has 0 bridgehead atoms. The van der Waals surface area contributed by atoms with Gasteiger partial charge in [0.2, 0.25) is 0 Å². The number of nitrogens with two attached hydrogens (primary N) is 1. The molecule has 2 aliphatic rings. The molecule has 0 amide bonds. The largest absolute Gasteiger partial charge is 0.481 e. The average molecular weight is 195 g/mol. The summed E-state index contributed by atoms with van der Waals surface area (Å²) in [6.07, 6.45) is 4.61. The third-order valence-corrected chi connectivity index (χ3v) is 3.84. The van der Waals surface area contributed by atoms with Gasteiger partial charge in [0.05, 0.1) is 6.42 Å². The average Bonchev–Trinajstić information content (AvgIpc) is 2.39. The molecular formula is C11H17NO2. The monoisotopic (exact) mass is 195 g/mol. The van der Waals surface area contributed by atoms with E-state index in [2.05, 4.69) is 13.0 Å². The summed E-state index contributed by atoms with van der Waals surface area (Å²) in [5, 5.41) is 8.85. The maximum Gasteiger partial charge on any atom is 0.303 e. The van der Waals surface area contributed by atoms with Crippen molar-refractivity contribution in [2.24, 2.45) is 23.0 Å². The highest BCUT2D eigenvalue weighted by Gasteiger charge is 2.54. The molecule has 2 aliphatic carbocycles. The lowest BCUT2D eigenvalue weighted by atomic mass is 9.53. The van der Waals surface area contributed by atoms with Gasteiger partial charge < -0.3 is 10.8 Å². The first-order chi connectivity index (χ1) is 6.57. The standard InChI is InChI=1S/C11H17NO2/c1-7-2-8-4-11(6-12,5-10(13)14)9(8)3-7/h3,8-9H,2,4-6,12H2,1H3,(H,13,14)/t8-,9-,11-/m1/s1. The van der Waals surface area contributed by atoms with Crippen LogP contribution < -0.4 is 5.73 Å². The summed E-state index contributed by atoms with van der Waals surface area (Å²) >= 11 is 0. The van der Waals surface area contributed by atoms with Crippen LogP contribution in [0.4, 0.5) is 0 Å². The van der Waals surface area contributed by atoms with Crippen LogP contribution in [0.5, 0.6) is 0 Å². The Bertz CT molecular complexity index is 298. The van der Waals surface area contributed by atoms with E-state index in [4.69, 9.17) is 10.8 Å². The lowest BCUT2D eigenvalue weighted by Crippen LogP contribution is -2.51. The third-order valence-electron chi connectivity index (χ3n) is 3.84. The van der Waals surface area contributed by atoms with E-state index in [0.717, 1.165) is 12.8 Å². The minimum Gasteiger partial charge on any atom is -0.481 e. The molecule has 14 heavy (non-hydrogen) atoms. The number of rotatable bonds is 3. The minimum absolute atomic E-state index is 0.131. The van der Waals surface area contributed by atoms with Crippen molar-refractivity contribution in [3.05, 3.63) is 11.6 Å². The van der Waals surface area contributed by atoms with Crippen LogP contribution in [-0.4, -0.2) is 17.6 Å². The van der Waals surface area contributed by atoms with E-state index >= 15 is 0 Å². The van der Waals surface area contributed by atoms with Gasteiger partial charge in [0.25, 0.3) is 0 Å². The summed E-state index contributed by atoms with van der Waals surface area (Å²) in [5.74, 6) is 0.397. The number of hydrogen-bond donors (Lipinski definition) is 2. The first-order valence-electron chi connectivity index (χ1n) is 5.16. The number of carbonyl (C=O) groups is 1. The fraction of sp³-hybridized carbons (Fsp3) is 0.727. The number of fused-ring (bicyclic) bond motifs is 1. The Balaban J connectivity index is 2.13. The normalized spacial score (nSPS) is 40.0. The van der Waals surface area contributed by atoms with Gasteiger partial charge in [-0.2, -0.15) is 0 Å². The second kappa shape index (κ2) is 3.09. The van der Waals surface area contributed by atoms with Crippen molar-refractivity contribution in [2.45, 2.75) is 26.2 Å². The quantitative estimate of drug-likeness (QED) is 0.669. The highest BCUT2D eigenvalue weighted by Crippen LogP contribution is 2.59. The SMILES string of the molecule is CC1=C[C@@H]2[C@H](C1)C[C@]2(CN)CC(=O)O. The molecule has 0 radical (unpaired) electrons. The van der Waals surface area contributed by atoms with E-state index in [1.165, 1.54) is 5.57 Å². The Morgan fingerprint density at radius 1 is 1.79 bits per heavy atom. The second-order valence-corrected chi connectivity index (χ2v) is 4.84. The zero-order chi connectivity index (χ0) is 10.3. The van der Waals surface area contributed by atoms with Crippen molar-refractivity contribution in [3.63, 3.8) is 0 Å². The van der Waals surface area contributed by atoms with Crippen LogP contribution in [0.15, 0.2) is 11.6 Å². The Kier molecular flexibility index (Phi) is 2.14. The van der Waals surface area contributed by atoms with Gasteiger partial charge in [-0.3, -0.25) is 4.79 Å². The van der Waals surface area contributed by atoms with Gasteiger partial charge >= 0.3 is 5.97 Å². The number of carboxylic acids is 1. The fourth-order valence-corrected chi connectivity index (χ4v) is 3.21. The van der Waals surface area contributed by atoms with E-state index in [1.54, 1.807) is 0 Å². The maximum absolute atomic E-state index is 10.8. The van der Waals surface area contributed by atoms with Gasteiger partial charge in [-0.05, 0) is 43.6 Å². The zero-order valence-corrected chi connectivity index (χ0v) is 8.49. The molecule has 1 saturated carbocycles. The fourth-order valence-electron chi connectivity index (χ4n) is 3.21. The Morgan fingerprint density at radius 2 is 2.50 bits per heavy atom. The van der Waals surface area contributed by atoms with E-state index < -0.39 is 5.97 Å². The predicted molar refractivity (Wildman–Crippen MR) is 53.7 cm³/mol.